The topological polar surface area (TPSA) is 75.3 Å². The fourth-order valence-corrected chi connectivity index (χ4v) is 4.49. The van der Waals surface area contributed by atoms with E-state index in [1.54, 1.807) is 6.20 Å². The first-order chi connectivity index (χ1) is 15.0. The highest BCUT2D eigenvalue weighted by atomic mass is 35.5. The average Bonchev–Trinajstić information content (AvgIpc) is 3.19. The van der Waals surface area contributed by atoms with Gasteiger partial charge in [-0.3, -0.25) is 4.98 Å². The quantitative estimate of drug-likeness (QED) is 0.201. The van der Waals surface area contributed by atoms with Gasteiger partial charge in [0.05, 0.1) is 12.6 Å². The van der Waals surface area contributed by atoms with E-state index in [2.05, 4.69) is 20.9 Å². The summed E-state index contributed by atoms with van der Waals surface area (Å²) in [6, 6.07) is 15.3. The van der Waals surface area contributed by atoms with Gasteiger partial charge in [-0.25, -0.2) is 4.79 Å². The van der Waals surface area contributed by atoms with Gasteiger partial charge in [-0.2, -0.15) is 0 Å². The number of hydrogen-bond acceptors (Lipinski definition) is 6. The number of methoxy groups -OCH3 is 1. The third kappa shape index (κ3) is 5.04. The molecule has 0 aliphatic carbocycles. The van der Waals surface area contributed by atoms with E-state index in [4.69, 9.17) is 28.6 Å². The molecule has 4 aromatic rings. The maximum absolute atomic E-state index is 11.7. The second-order valence-corrected chi connectivity index (χ2v) is 8.61. The Morgan fingerprint density at radius 2 is 2.03 bits per heavy atom. The number of aromatic nitrogens is 1. The minimum Gasteiger partial charge on any atom is -0.465 e. The second kappa shape index (κ2) is 9.47. The van der Waals surface area contributed by atoms with Gasteiger partial charge < -0.3 is 20.7 Å². The lowest BCUT2D eigenvalue weighted by Gasteiger charge is -2.13. The first kappa shape index (κ1) is 21.3. The van der Waals surface area contributed by atoms with Crippen LogP contribution in [-0.4, -0.2) is 36.3 Å². The third-order valence-electron chi connectivity index (χ3n) is 4.59. The molecule has 0 unspecified atom stereocenters. The van der Waals surface area contributed by atoms with Crippen LogP contribution >= 0.6 is 35.2 Å². The molecule has 0 saturated heterocycles. The van der Waals surface area contributed by atoms with Crippen LogP contribution in [0.5, 0.6) is 0 Å². The molecule has 0 aliphatic rings. The summed E-state index contributed by atoms with van der Waals surface area (Å²) in [5.74, 6) is -0.328. The summed E-state index contributed by atoms with van der Waals surface area (Å²) < 4.78 is 5.80. The van der Waals surface area contributed by atoms with E-state index in [0.717, 1.165) is 32.4 Å². The van der Waals surface area contributed by atoms with Gasteiger partial charge >= 0.3 is 5.97 Å². The maximum Gasteiger partial charge on any atom is 0.348 e. The van der Waals surface area contributed by atoms with E-state index in [1.165, 1.54) is 18.4 Å². The zero-order valence-corrected chi connectivity index (χ0v) is 19.0. The average molecular weight is 471 g/mol. The SMILES string of the molecule is COC(=O)c1cc2cc(NC(=S)NCCNc3ccnc4cc(Cl)ccc34)ccc2s1. The summed E-state index contributed by atoms with van der Waals surface area (Å²) in [5, 5.41) is 12.9. The molecule has 0 radical (unpaired) electrons. The molecule has 2 heterocycles. The lowest BCUT2D eigenvalue weighted by molar-refractivity contribution is 0.0606. The van der Waals surface area contributed by atoms with Gasteiger partial charge in [0.2, 0.25) is 0 Å². The van der Waals surface area contributed by atoms with Crippen molar-refractivity contribution in [2.75, 3.05) is 30.8 Å². The molecule has 158 valence electrons. The lowest BCUT2D eigenvalue weighted by Crippen LogP contribution is -2.32. The number of carbonyl (C=O) groups is 1. The Balaban J connectivity index is 1.31. The van der Waals surface area contributed by atoms with Crippen molar-refractivity contribution in [1.29, 1.82) is 0 Å². The first-order valence-corrected chi connectivity index (χ1v) is 11.1. The smallest absolute Gasteiger partial charge is 0.348 e. The van der Waals surface area contributed by atoms with Crippen LogP contribution in [0.4, 0.5) is 11.4 Å². The number of thiocarbonyl (C=S) groups is 1. The summed E-state index contributed by atoms with van der Waals surface area (Å²) in [6.45, 7) is 1.31. The van der Waals surface area contributed by atoms with Crippen molar-refractivity contribution in [2.24, 2.45) is 0 Å². The highest BCUT2D eigenvalue weighted by Crippen LogP contribution is 2.28. The number of halogens is 1. The molecule has 0 aliphatic heterocycles. The lowest BCUT2D eigenvalue weighted by atomic mass is 10.2. The minimum atomic E-state index is -0.328. The predicted molar refractivity (Wildman–Crippen MR) is 133 cm³/mol. The number of fused-ring (bicyclic) bond motifs is 2. The van der Waals surface area contributed by atoms with E-state index in [-0.39, 0.29) is 5.97 Å². The fraction of sp³-hybridized carbons (Fsp3) is 0.136. The van der Waals surface area contributed by atoms with Crippen molar-refractivity contribution in [2.45, 2.75) is 0 Å². The van der Waals surface area contributed by atoms with Crippen LogP contribution in [0.2, 0.25) is 5.02 Å². The van der Waals surface area contributed by atoms with Gasteiger partial charge in [0.25, 0.3) is 0 Å². The van der Waals surface area contributed by atoms with E-state index < -0.39 is 0 Å². The van der Waals surface area contributed by atoms with Gasteiger partial charge in [0, 0.05) is 45.8 Å². The number of hydrogen-bond donors (Lipinski definition) is 3. The standard InChI is InChI=1S/C22H19ClN4O2S2/c1-29-21(28)20-11-13-10-15(3-5-19(13)31-20)27-22(30)26-9-8-25-17-6-7-24-18-12-14(23)2-4-16(17)18/h2-7,10-12H,8-9H2,1H3,(H,24,25)(H2,26,27,30). The second-order valence-electron chi connectivity index (χ2n) is 6.68. The molecule has 0 spiro atoms. The Labute approximate surface area is 193 Å². The molecular formula is C22H19ClN4O2S2. The molecule has 2 aromatic carbocycles. The number of ether oxygens (including phenoxy) is 1. The molecule has 9 heteroatoms. The molecule has 0 amide bonds. The van der Waals surface area contributed by atoms with Crippen LogP contribution in [0.3, 0.4) is 0 Å². The minimum absolute atomic E-state index is 0.328. The van der Waals surface area contributed by atoms with Gasteiger partial charge in [-0.15, -0.1) is 11.3 Å². The van der Waals surface area contributed by atoms with Gasteiger partial charge in [-0.05, 0) is 66.1 Å². The van der Waals surface area contributed by atoms with Gasteiger partial charge in [0.15, 0.2) is 5.11 Å². The molecule has 4 rings (SSSR count). The van der Waals surface area contributed by atoms with Gasteiger partial charge in [-0.1, -0.05) is 11.6 Å². The number of nitrogens with one attached hydrogen (secondary N) is 3. The van der Waals surface area contributed by atoms with Crippen molar-refractivity contribution in [3.63, 3.8) is 0 Å². The summed E-state index contributed by atoms with van der Waals surface area (Å²) in [5.41, 5.74) is 2.69. The number of rotatable bonds is 6. The number of thiophene rings is 1. The molecular weight excluding hydrogens is 452 g/mol. The third-order valence-corrected chi connectivity index (χ3v) is 6.17. The summed E-state index contributed by atoms with van der Waals surface area (Å²) >= 11 is 12.8. The van der Waals surface area contributed by atoms with Crippen LogP contribution in [0, 0.1) is 0 Å². The van der Waals surface area contributed by atoms with Crippen molar-refractivity contribution < 1.29 is 9.53 Å². The normalized spacial score (nSPS) is 10.8. The maximum atomic E-state index is 11.7. The zero-order valence-electron chi connectivity index (χ0n) is 16.6. The number of pyridine rings is 1. The van der Waals surface area contributed by atoms with Crippen molar-refractivity contribution in [1.82, 2.24) is 10.3 Å². The number of carbonyl (C=O) groups excluding carboxylic acids is 1. The van der Waals surface area contributed by atoms with E-state index in [9.17, 15) is 4.79 Å². The molecule has 0 fully saturated rings. The molecule has 31 heavy (non-hydrogen) atoms. The summed E-state index contributed by atoms with van der Waals surface area (Å²) in [4.78, 5) is 16.6. The molecule has 0 atom stereocenters. The highest BCUT2D eigenvalue weighted by Gasteiger charge is 2.11. The Bertz CT molecular complexity index is 1280. The van der Waals surface area contributed by atoms with Crippen LogP contribution < -0.4 is 16.0 Å². The van der Waals surface area contributed by atoms with Crippen molar-refractivity contribution in [3.05, 3.63) is 64.6 Å². The zero-order chi connectivity index (χ0) is 21.8. The number of anilines is 2. The molecule has 0 bridgehead atoms. The Morgan fingerprint density at radius 3 is 2.87 bits per heavy atom. The Kier molecular flexibility index (Phi) is 6.50. The van der Waals surface area contributed by atoms with Gasteiger partial charge in [0.1, 0.15) is 4.88 Å². The number of benzene rings is 2. The summed E-state index contributed by atoms with van der Waals surface area (Å²) in [7, 11) is 1.38. The predicted octanol–water partition coefficient (Wildman–Crippen LogP) is 5.29. The van der Waals surface area contributed by atoms with Crippen LogP contribution in [0.25, 0.3) is 21.0 Å². The van der Waals surface area contributed by atoms with E-state index >= 15 is 0 Å². The number of nitrogens with zero attached hydrogens (tertiary/aromatic N) is 1. The Morgan fingerprint density at radius 1 is 1.16 bits per heavy atom. The number of esters is 1. The largest absolute Gasteiger partial charge is 0.465 e. The van der Waals surface area contributed by atoms with E-state index in [0.29, 0.717) is 28.1 Å². The van der Waals surface area contributed by atoms with Crippen LogP contribution in [0.1, 0.15) is 9.67 Å². The summed E-state index contributed by atoms with van der Waals surface area (Å²) in [6.07, 6.45) is 1.76. The Hall–Kier alpha value is -2.94. The van der Waals surface area contributed by atoms with Crippen LogP contribution in [0.15, 0.2) is 54.7 Å². The fourth-order valence-electron chi connectivity index (χ4n) is 3.15. The van der Waals surface area contributed by atoms with Crippen LogP contribution in [-0.2, 0) is 4.74 Å². The van der Waals surface area contributed by atoms with Crippen molar-refractivity contribution >= 4 is 78.6 Å². The highest BCUT2D eigenvalue weighted by molar-refractivity contribution is 7.80. The first-order valence-electron chi connectivity index (χ1n) is 9.48. The van der Waals surface area contributed by atoms with Crippen molar-refractivity contribution in [3.8, 4) is 0 Å². The monoisotopic (exact) mass is 470 g/mol. The molecule has 2 aromatic heterocycles. The molecule has 3 N–H and O–H groups in total. The molecule has 0 saturated carbocycles. The molecule has 6 nitrogen and oxygen atoms in total. The van der Waals surface area contributed by atoms with E-state index in [1.807, 2.05) is 48.5 Å².